The number of hydrogen-bond acceptors (Lipinski definition) is 4. The molecule has 0 aliphatic carbocycles. The highest BCUT2D eigenvalue weighted by Crippen LogP contribution is 1.99. The van der Waals surface area contributed by atoms with E-state index in [0.29, 0.717) is 32.8 Å². The van der Waals surface area contributed by atoms with Gasteiger partial charge in [-0.25, -0.2) is 0 Å². The smallest absolute Gasteiger partial charge is 0.304 e. The molecule has 0 spiro atoms. The summed E-state index contributed by atoms with van der Waals surface area (Å²) in [4.78, 5) is 26.3. The van der Waals surface area contributed by atoms with Crippen molar-refractivity contribution in [2.75, 3.05) is 46.4 Å². The minimum Gasteiger partial charge on any atom is -0.481 e. The first-order valence-corrected chi connectivity index (χ1v) is 6.75. The molecule has 19 heavy (non-hydrogen) atoms. The number of rotatable bonds is 11. The molecule has 6 heteroatoms. The maximum atomic E-state index is 12.0. The lowest BCUT2D eigenvalue weighted by molar-refractivity contribution is -0.138. The van der Waals surface area contributed by atoms with Crippen LogP contribution in [0.15, 0.2) is 0 Å². The van der Waals surface area contributed by atoms with E-state index in [1.54, 1.807) is 12.0 Å². The summed E-state index contributed by atoms with van der Waals surface area (Å²) in [6.07, 6.45) is 0.847. The zero-order valence-corrected chi connectivity index (χ0v) is 12.2. The van der Waals surface area contributed by atoms with Gasteiger partial charge in [-0.2, -0.15) is 0 Å². The van der Waals surface area contributed by atoms with Gasteiger partial charge in [0.05, 0.1) is 13.0 Å². The third-order valence-electron chi connectivity index (χ3n) is 2.94. The Balaban J connectivity index is 4.29. The zero-order valence-electron chi connectivity index (χ0n) is 12.2. The fraction of sp³-hybridized carbons (Fsp3) is 0.846. The second-order valence-electron chi connectivity index (χ2n) is 4.33. The van der Waals surface area contributed by atoms with Crippen LogP contribution < -0.4 is 0 Å². The van der Waals surface area contributed by atoms with Gasteiger partial charge in [0.15, 0.2) is 0 Å². The second-order valence-corrected chi connectivity index (χ2v) is 4.33. The van der Waals surface area contributed by atoms with Gasteiger partial charge in [0.2, 0.25) is 5.91 Å². The molecule has 1 N–H and O–H groups in total. The van der Waals surface area contributed by atoms with Crippen molar-refractivity contribution in [2.24, 2.45) is 0 Å². The third-order valence-corrected chi connectivity index (χ3v) is 2.94. The summed E-state index contributed by atoms with van der Waals surface area (Å²) in [5, 5.41) is 8.72. The highest BCUT2D eigenvalue weighted by molar-refractivity contribution is 5.78. The summed E-state index contributed by atoms with van der Waals surface area (Å²) in [5.41, 5.74) is 0. The summed E-state index contributed by atoms with van der Waals surface area (Å²) in [7, 11) is 1.63. The Bertz CT molecular complexity index is 267. The van der Waals surface area contributed by atoms with Gasteiger partial charge in [-0.15, -0.1) is 0 Å². The van der Waals surface area contributed by atoms with E-state index in [1.165, 1.54) is 0 Å². The van der Waals surface area contributed by atoms with Crippen LogP contribution in [0.25, 0.3) is 0 Å². The maximum Gasteiger partial charge on any atom is 0.304 e. The average Bonchev–Trinajstić information content (AvgIpc) is 2.37. The number of aliphatic carboxylic acids is 1. The molecule has 0 atom stereocenters. The molecule has 0 heterocycles. The van der Waals surface area contributed by atoms with Crippen LogP contribution in [-0.2, 0) is 14.3 Å². The van der Waals surface area contributed by atoms with Crippen molar-refractivity contribution >= 4 is 11.9 Å². The number of likely N-dealkylation sites (N-methyl/N-ethyl adjacent to an activating group) is 1. The molecule has 0 aromatic heterocycles. The minimum atomic E-state index is -0.841. The highest BCUT2D eigenvalue weighted by atomic mass is 16.5. The Labute approximate surface area is 115 Å². The summed E-state index contributed by atoms with van der Waals surface area (Å²) >= 11 is 0. The molecule has 0 aliphatic rings. The van der Waals surface area contributed by atoms with Gasteiger partial charge >= 0.3 is 5.97 Å². The first-order valence-electron chi connectivity index (χ1n) is 6.75. The monoisotopic (exact) mass is 274 g/mol. The Kier molecular flexibility index (Phi) is 10.1. The van der Waals surface area contributed by atoms with E-state index in [2.05, 4.69) is 0 Å². The van der Waals surface area contributed by atoms with Crippen LogP contribution in [0.5, 0.6) is 0 Å². The molecule has 0 radical (unpaired) electrons. The maximum absolute atomic E-state index is 12.0. The first-order chi connectivity index (χ1) is 9.04. The molecule has 0 unspecified atom stereocenters. The molecule has 0 rings (SSSR count). The van der Waals surface area contributed by atoms with Crippen LogP contribution in [0.4, 0.5) is 0 Å². The quantitative estimate of drug-likeness (QED) is 0.561. The van der Waals surface area contributed by atoms with Crippen molar-refractivity contribution < 1.29 is 19.4 Å². The topological polar surface area (TPSA) is 70.1 Å². The SMILES string of the molecule is CCN(CC)C(=O)CN(CCCOC)CCC(=O)O. The van der Waals surface area contributed by atoms with E-state index in [9.17, 15) is 9.59 Å². The molecule has 0 saturated heterocycles. The van der Waals surface area contributed by atoms with Gasteiger partial charge < -0.3 is 14.7 Å². The molecule has 112 valence electrons. The van der Waals surface area contributed by atoms with Crippen molar-refractivity contribution in [3.63, 3.8) is 0 Å². The number of ether oxygens (including phenoxy) is 1. The van der Waals surface area contributed by atoms with Crippen LogP contribution in [0.2, 0.25) is 0 Å². The standard InChI is InChI=1S/C13H26N2O4/c1-4-15(5-2)12(16)11-14(8-6-10-19-3)9-7-13(17)18/h4-11H2,1-3H3,(H,17,18). The predicted molar refractivity (Wildman–Crippen MR) is 73.1 cm³/mol. The average molecular weight is 274 g/mol. The molecule has 0 bridgehead atoms. The number of methoxy groups -OCH3 is 1. The van der Waals surface area contributed by atoms with E-state index in [-0.39, 0.29) is 18.9 Å². The van der Waals surface area contributed by atoms with Crippen molar-refractivity contribution in [3.05, 3.63) is 0 Å². The Morgan fingerprint density at radius 2 is 1.79 bits per heavy atom. The fourth-order valence-corrected chi connectivity index (χ4v) is 1.82. The summed E-state index contributed by atoms with van der Waals surface area (Å²) in [6.45, 7) is 7.20. The second kappa shape index (κ2) is 10.8. The lowest BCUT2D eigenvalue weighted by Crippen LogP contribution is -2.41. The molecule has 6 nitrogen and oxygen atoms in total. The summed E-state index contributed by atoms with van der Waals surface area (Å²) < 4.78 is 4.97. The van der Waals surface area contributed by atoms with Crippen molar-refractivity contribution in [2.45, 2.75) is 26.7 Å². The molecule has 0 fully saturated rings. The largest absolute Gasteiger partial charge is 0.481 e. The Hall–Kier alpha value is -1.14. The molecular formula is C13H26N2O4. The van der Waals surface area contributed by atoms with Gasteiger partial charge in [0, 0.05) is 39.9 Å². The van der Waals surface area contributed by atoms with Crippen LogP contribution in [-0.4, -0.2) is 73.2 Å². The van der Waals surface area contributed by atoms with Gasteiger partial charge in [-0.05, 0) is 20.3 Å². The van der Waals surface area contributed by atoms with E-state index >= 15 is 0 Å². The molecule has 0 saturated carbocycles. The van der Waals surface area contributed by atoms with Crippen LogP contribution in [0, 0.1) is 0 Å². The molecule has 0 aromatic rings. The summed E-state index contributed by atoms with van der Waals surface area (Å²) in [5.74, 6) is -0.792. The molecule has 0 aliphatic heterocycles. The Morgan fingerprint density at radius 3 is 2.26 bits per heavy atom. The fourth-order valence-electron chi connectivity index (χ4n) is 1.82. The number of carboxylic acids is 1. The van der Waals surface area contributed by atoms with Gasteiger partial charge in [-0.3, -0.25) is 14.5 Å². The van der Waals surface area contributed by atoms with Crippen LogP contribution in [0.1, 0.15) is 26.7 Å². The first kappa shape index (κ1) is 17.9. The van der Waals surface area contributed by atoms with Gasteiger partial charge in [0.25, 0.3) is 0 Å². The van der Waals surface area contributed by atoms with Crippen molar-refractivity contribution in [3.8, 4) is 0 Å². The molecular weight excluding hydrogens is 248 g/mol. The molecule has 0 aromatic carbocycles. The van der Waals surface area contributed by atoms with E-state index in [4.69, 9.17) is 9.84 Å². The summed E-state index contributed by atoms with van der Waals surface area (Å²) in [6, 6.07) is 0. The van der Waals surface area contributed by atoms with E-state index in [0.717, 1.165) is 6.42 Å². The number of hydrogen-bond donors (Lipinski definition) is 1. The van der Waals surface area contributed by atoms with E-state index in [1.807, 2.05) is 18.7 Å². The lowest BCUT2D eigenvalue weighted by atomic mass is 10.3. The van der Waals surface area contributed by atoms with Crippen molar-refractivity contribution in [1.29, 1.82) is 0 Å². The number of carbonyl (C=O) groups is 2. The number of carboxylic acid groups (broad SMARTS) is 1. The van der Waals surface area contributed by atoms with Gasteiger partial charge in [0.1, 0.15) is 0 Å². The minimum absolute atomic E-state index is 0.0489. The van der Waals surface area contributed by atoms with Crippen molar-refractivity contribution in [1.82, 2.24) is 9.80 Å². The normalized spacial score (nSPS) is 10.7. The van der Waals surface area contributed by atoms with Gasteiger partial charge in [-0.1, -0.05) is 0 Å². The number of carbonyl (C=O) groups excluding carboxylic acids is 1. The third kappa shape index (κ3) is 8.56. The number of amides is 1. The predicted octanol–water partition coefficient (Wildman–Crippen LogP) is 0.668. The number of nitrogens with zero attached hydrogens (tertiary/aromatic N) is 2. The van der Waals surface area contributed by atoms with Crippen LogP contribution >= 0.6 is 0 Å². The van der Waals surface area contributed by atoms with E-state index < -0.39 is 5.97 Å². The highest BCUT2D eigenvalue weighted by Gasteiger charge is 2.15. The lowest BCUT2D eigenvalue weighted by Gasteiger charge is -2.25. The molecule has 1 amide bonds. The van der Waals surface area contributed by atoms with Crippen LogP contribution in [0.3, 0.4) is 0 Å². The Morgan fingerprint density at radius 1 is 1.16 bits per heavy atom. The zero-order chi connectivity index (χ0) is 14.7.